The summed E-state index contributed by atoms with van der Waals surface area (Å²) < 4.78 is 52.8. The van der Waals surface area contributed by atoms with E-state index < -0.39 is 41.2 Å². The predicted molar refractivity (Wildman–Crippen MR) is 138 cm³/mol. The maximum absolute atomic E-state index is 13.4. The molecule has 4 rings (SSSR count). The van der Waals surface area contributed by atoms with Crippen molar-refractivity contribution in [1.82, 2.24) is 5.32 Å². The SMILES string of the molecule is O=C(N[C@@H](Cc1ccc(-c2ccc(F)c(Cl)c2)cc1)C(=O)O)c1cc(-c2cccc(C(F)(F)F)c2)ccc1O. The molecule has 0 aliphatic heterocycles. The maximum Gasteiger partial charge on any atom is 0.416 e. The molecular weight excluding hydrogens is 538 g/mol. The van der Waals surface area contributed by atoms with E-state index in [0.717, 1.165) is 18.2 Å². The summed E-state index contributed by atoms with van der Waals surface area (Å²) in [5, 5.41) is 22.2. The second-order valence-electron chi connectivity index (χ2n) is 8.70. The van der Waals surface area contributed by atoms with Gasteiger partial charge in [0, 0.05) is 6.42 Å². The van der Waals surface area contributed by atoms with Crippen LogP contribution in [0.2, 0.25) is 5.02 Å². The third-order valence-electron chi connectivity index (χ3n) is 6.01. The van der Waals surface area contributed by atoms with Crippen LogP contribution < -0.4 is 5.32 Å². The lowest BCUT2D eigenvalue weighted by Gasteiger charge is -2.16. The van der Waals surface area contributed by atoms with E-state index in [-0.39, 0.29) is 28.1 Å². The summed E-state index contributed by atoms with van der Waals surface area (Å²) in [4.78, 5) is 24.8. The number of rotatable bonds is 7. The van der Waals surface area contributed by atoms with Gasteiger partial charge >= 0.3 is 12.1 Å². The monoisotopic (exact) mass is 557 g/mol. The largest absolute Gasteiger partial charge is 0.507 e. The van der Waals surface area contributed by atoms with Crippen LogP contribution in [0.15, 0.2) is 84.9 Å². The minimum absolute atomic E-state index is 0.0365. The lowest BCUT2D eigenvalue weighted by molar-refractivity contribution is -0.139. The van der Waals surface area contributed by atoms with Crippen molar-refractivity contribution in [2.45, 2.75) is 18.6 Å². The van der Waals surface area contributed by atoms with Gasteiger partial charge in [-0.15, -0.1) is 0 Å². The molecule has 4 aromatic carbocycles. The molecule has 39 heavy (non-hydrogen) atoms. The Morgan fingerprint density at radius 1 is 0.846 bits per heavy atom. The summed E-state index contributed by atoms with van der Waals surface area (Å²) in [5.41, 5.74) is 1.17. The Bertz CT molecular complexity index is 1540. The molecule has 0 bridgehead atoms. The van der Waals surface area contributed by atoms with E-state index in [1.54, 1.807) is 30.3 Å². The predicted octanol–water partition coefficient (Wildman–Crippen LogP) is 6.96. The van der Waals surface area contributed by atoms with Gasteiger partial charge in [-0.05, 0) is 64.2 Å². The van der Waals surface area contributed by atoms with Crippen LogP contribution >= 0.6 is 11.6 Å². The molecule has 0 saturated heterocycles. The Hall–Kier alpha value is -4.37. The number of carboxylic acids is 1. The van der Waals surface area contributed by atoms with Crippen LogP contribution in [0.25, 0.3) is 22.3 Å². The zero-order valence-electron chi connectivity index (χ0n) is 20.0. The van der Waals surface area contributed by atoms with Gasteiger partial charge in [-0.2, -0.15) is 13.2 Å². The number of benzene rings is 4. The van der Waals surface area contributed by atoms with E-state index in [9.17, 15) is 37.4 Å². The molecule has 1 amide bonds. The molecule has 0 spiro atoms. The molecule has 0 aromatic heterocycles. The Morgan fingerprint density at radius 2 is 1.46 bits per heavy atom. The van der Waals surface area contributed by atoms with Crippen molar-refractivity contribution in [3.63, 3.8) is 0 Å². The lowest BCUT2D eigenvalue weighted by atomic mass is 9.99. The van der Waals surface area contributed by atoms with E-state index in [4.69, 9.17) is 11.6 Å². The number of hydrogen-bond donors (Lipinski definition) is 3. The topological polar surface area (TPSA) is 86.6 Å². The van der Waals surface area contributed by atoms with Crippen molar-refractivity contribution in [3.8, 4) is 28.0 Å². The number of carboxylic acid groups (broad SMARTS) is 1. The average molecular weight is 558 g/mol. The highest BCUT2D eigenvalue weighted by atomic mass is 35.5. The minimum Gasteiger partial charge on any atom is -0.507 e. The number of phenols is 1. The highest BCUT2D eigenvalue weighted by Crippen LogP contribution is 2.33. The fraction of sp³-hybridized carbons (Fsp3) is 0.103. The molecule has 5 nitrogen and oxygen atoms in total. The summed E-state index contributed by atoms with van der Waals surface area (Å²) in [7, 11) is 0. The fourth-order valence-electron chi connectivity index (χ4n) is 3.95. The maximum atomic E-state index is 13.4. The van der Waals surface area contributed by atoms with Crippen LogP contribution in [0, 0.1) is 5.82 Å². The summed E-state index contributed by atoms with van der Waals surface area (Å²) in [6, 6.07) is 17.8. The first-order valence-electron chi connectivity index (χ1n) is 11.5. The summed E-state index contributed by atoms with van der Waals surface area (Å²) in [5.74, 6) is -3.25. The number of halogens is 5. The van der Waals surface area contributed by atoms with Gasteiger partial charge in [0.15, 0.2) is 0 Å². The van der Waals surface area contributed by atoms with E-state index in [2.05, 4.69) is 5.32 Å². The smallest absolute Gasteiger partial charge is 0.416 e. The van der Waals surface area contributed by atoms with Crippen molar-refractivity contribution < 1.29 is 37.4 Å². The quantitative estimate of drug-likeness (QED) is 0.214. The molecule has 1 atom stereocenters. The second kappa shape index (κ2) is 11.2. The lowest BCUT2D eigenvalue weighted by Crippen LogP contribution is -2.42. The number of phenolic OH excluding ortho intramolecular Hbond substituents is 1. The number of nitrogens with one attached hydrogen (secondary N) is 1. The Balaban J connectivity index is 1.52. The van der Waals surface area contributed by atoms with E-state index >= 15 is 0 Å². The van der Waals surface area contributed by atoms with Crippen LogP contribution in [0.4, 0.5) is 17.6 Å². The molecule has 0 aliphatic rings. The molecule has 3 N–H and O–H groups in total. The van der Waals surface area contributed by atoms with E-state index in [1.807, 2.05) is 0 Å². The Labute approximate surface area is 225 Å². The van der Waals surface area contributed by atoms with E-state index in [0.29, 0.717) is 16.7 Å². The van der Waals surface area contributed by atoms with Gasteiger partial charge in [-0.25, -0.2) is 9.18 Å². The molecule has 10 heteroatoms. The number of aromatic hydroxyl groups is 1. The highest BCUT2D eigenvalue weighted by molar-refractivity contribution is 6.31. The second-order valence-corrected chi connectivity index (χ2v) is 9.11. The first-order chi connectivity index (χ1) is 18.4. The van der Waals surface area contributed by atoms with Gasteiger partial charge in [-0.1, -0.05) is 60.1 Å². The summed E-state index contributed by atoms with van der Waals surface area (Å²) >= 11 is 5.83. The van der Waals surface area contributed by atoms with Crippen LogP contribution in [0.5, 0.6) is 5.75 Å². The zero-order chi connectivity index (χ0) is 28.3. The minimum atomic E-state index is -4.56. The Kier molecular flexibility index (Phi) is 7.92. The van der Waals surface area contributed by atoms with Gasteiger partial charge in [0.2, 0.25) is 0 Å². The highest BCUT2D eigenvalue weighted by Gasteiger charge is 2.30. The standard InChI is InChI=1S/C29H20ClF4NO4/c30-23-15-20(8-10-24(23)31)17-6-4-16(5-7-17)12-25(28(38)39)35-27(37)22-14-19(9-11-26(22)36)18-2-1-3-21(13-18)29(32,33)34/h1-11,13-15,25,36H,12H2,(H,35,37)(H,38,39)/t25-/m0/s1. The Morgan fingerprint density at radius 3 is 2.10 bits per heavy atom. The number of carbonyl (C=O) groups excluding carboxylic acids is 1. The molecule has 0 saturated carbocycles. The van der Waals surface area contributed by atoms with Crippen molar-refractivity contribution in [1.29, 1.82) is 0 Å². The normalized spacial score (nSPS) is 12.1. The molecule has 0 radical (unpaired) electrons. The van der Waals surface area contributed by atoms with Gasteiger partial charge in [-0.3, -0.25) is 4.79 Å². The summed E-state index contributed by atoms with van der Waals surface area (Å²) in [6.07, 6.45) is -4.66. The molecule has 0 unspecified atom stereocenters. The fourth-order valence-corrected chi connectivity index (χ4v) is 4.13. The van der Waals surface area contributed by atoms with Crippen molar-refractivity contribution in [2.24, 2.45) is 0 Å². The number of aliphatic carboxylic acids is 1. The van der Waals surface area contributed by atoms with Crippen LogP contribution in [0.1, 0.15) is 21.5 Å². The van der Waals surface area contributed by atoms with Crippen LogP contribution in [-0.2, 0) is 17.4 Å². The van der Waals surface area contributed by atoms with E-state index in [1.165, 1.54) is 36.4 Å². The number of carbonyl (C=O) groups is 2. The van der Waals surface area contributed by atoms with Crippen molar-refractivity contribution in [2.75, 3.05) is 0 Å². The number of hydrogen-bond acceptors (Lipinski definition) is 3. The van der Waals surface area contributed by atoms with Crippen LogP contribution in [0.3, 0.4) is 0 Å². The van der Waals surface area contributed by atoms with Crippen molar-refractivity contribution in [3.05, 3.63) is 112 Å². The van der Waals surface area contributed by atoms with Gasteiger partial charge in [0.1, 0.15) is 17.6 Å². The molecule has 0 heterocycles. The molecule has 200 valence electrons. The first kappa shape index (κ1) is 27.7. The average Bonchev–Trinajstić information content (AvgIpc) is 2.90. The van der Waals surface area contributed by atoms with Gasteiger partial charge in [0.25, 0.3) is 5.91 Å². The molecule has 0 fully saturated rings. The van der Waals surface area contributed by atoms with Crippen LogP contribution in [-0.4, -0.2) is 28.1 Å². The van der Waals surface area contributed by atoms with Gasteiger partial charge in [0.05, 0.1) is 16.1 Å². The first-order valence-corrected chi connectivity index (χ1v) is 11.9. The zero-order valence-corrected chi connectivity index (χ0v) is 20.7. The third kappa shape index (κ3) is 6.56. The van der Waals surface area contributed by atoms with Crippen molar-refractivity contribution >= 4 is 23.5 Å². The molecule has 0 aliphatic carbocycles. The van der Waals surface area contributed by atoms with Gasteiger partial charge < -0.3 is 15.5 Å². The molecular formula is C29H20ClF4NO4. The number of alkyl halides is 3. The third-order valence-corrected chi connectivity index (χ3v) is 6.30. The summed E-state index contributed by atoms with van der Waals surface area (Å²) in [6.45, 7) is 0. The molecule has 4 aromatic rings. The number of amides is 1.